The summed E-state index contributed by atoms with van der Waals surface area (Å²) in [5.74, 6) is 0.0994. The van der Waals surface area contributed by atoms with Gasteiger partial charge in [-0.3, -0.25) is 5.32 Å². The Balaban J connectivity index is 2.10. The van der Waals surface area contributed by atoms with Crippen LogP contribution in [0.15, 0.2) is 36.4 Å². The number of rotatable bonds is 2. The van der Waals surface area contributed by atoms with Crippen LogP contribution in [0.5, 0.6) is 5.75 Å². The van der Waals surface area contributed by atoms with Gasteiger partial charge in [0.05, 0.1) is 0 Å². The Morgan fingerprint density at radius 1 is 1.15 bits per heavy atom. The molecular weight excluding hydrogens is 281 g/mol. The van der Waals surface area contributed by atoms with Crippen molar-refractivity contribution < 1.29 is 13.9 Å². The second-order valence-corrected chi connectivity index (χ2v) is 4.83. The SMILES string of the molecule is Cc1cc(Cl)cc(C)c1OC(=O)Nc1ccc(F)cc1. The molecule has 3 nitrogen and oxygen atoms in total. The van der Waals surface area contributed by atoms with E-state index in [2.05, 4.69) is 5.32 Å². The van der Waals surface area contributed by atoms with Gasteiger partial charge in [0.25, 0.3) is 0 Å². The van der Waals surface area contributed by atoms with Crippen molar-refractivity contribution in [1.29, 1.82) is 0 Å². The third-order valence-electron chi connectivity index (χ3n) is 2.71. The molecule has 1 amide bonds. The number of carbonyl (C=O) groups excluding carboxylic acids is 1. The van der Waals surface area contributed by atoms with Crippen molar-refractivity contribution >= 4 is 23.4 Å². The fourth-order valence-electron chi connectivity index (χ4n) is 1.83. The predicted octanol–water partition coefficient (Wildman–Crippen LogP) is 4.71. The highest BCUT2D eigenvalue weighted by molar-refractivity contribution is 6.30. The lowest BCUT2D eigenvalue weighted by Crippen LogP contribution is -2.17. The minimum absolute atomic E-state index is 0.367. The summed E-state index contributed by atoms with van der Waals surface area (Å²) in [5.41, 5.74) is 1.99. The van der Waals surface area contributed by atoms with Gasteiger partial charge in [-0.1, -0.05) is 11.6 Å². The van der Waals surface area contributed by atoms with Crippen LogP contribution in [0.3, 0.4) is 0 Å². The molecule has 2 aromatic rings. The molecule has 0 aliphatic carbocycles. The highest BCUT2D eigenvalue weighted by Gasteiger charge is 2.11. The van der Waals surface area contributed by atoms with Gasteiger partial charge in [0.15, 0.2) is 0 Å². The number of carbonyl (C=O) groups is 1. The number of amides is 1. The first-order valence-corrected chi connectivity index (χ1v) is 6.34. The number of nitrogens with one attached hydrogen (secondary N) is 1. The molecule has 2 rings (SSSR count). The summed E-state index contributed by atoms with van der Waals surface area (Å²) in [6, 6.07) is 8.86. The summed E-state index contributed by atoms with van der Waals surface area (Å²) in [5, 5.41) is 3.12. The summed E-state index contributed by atoms with van der Waals surface area (Å²) in [6.07, 6.45) is -0.634. The third-order valence-corrected chi connectivity index (χ3v) is 2.93. The van der Waals surface area contributed by atoms with Crippen LogP contribution in [-0.2, 0) is 0 Å². The topological polar surface area (TPSA) is 38.3 Å². The van der Waals surface area contributed by atoms with Crippen molar-refractivity contribution in [1.82, 2.24) is 0 Å². The van der Waals surface area contributed by atoms with Gasteiger partial charge >= 0.3 is 6.09 Å². The maximum atomic E-state index is 12.8. The molecule has 0 aliphatic rings. The Hall–Kier alpha value is -2.07. The van der Waals surface area contributed by atoms with Gasteiger partial charge in [0.1, 0.15) is 11.6 Å². The van der Waals surface area contributed by atoms with E-state index in [-0.39, 0.29) is 5.82 Å². The first kappa shape index (κ1) is 14.3. The number of hydrogen-bond donors (Lipinski definition) is 1. The molecule has 104 valence electrons. The van der Waals surface area contributed by atoms with Crippen LogP contribution in [0.1, 0.15) is 11.1 Å². The highest BCUT2D eigenvalue weighted by atomic mass is 35.5. The maximum absolute atomic E-state index is 12.8. The van der Waals surface area contributed by atoms with Gasteiger partial charge in [-0.15, -0.1) is 0 Å². The molecule has 0 aromatic heterocycles. The van der Waals surface area contributed by atoms with E-state index in [4.69, 9.17) is 16.3 Å². The van der Waals surface area contributed by atoms with E-state index in [1.165, 1.54) is 24.3 Å². The van der Waals surface area contributed by atoms with Gasteiger partial charge in [-0.25, -0.2) is 9.18 Å². The normalized spacial score (nSPS) is 10.2. The van der Waals surface area contributed by atoms with Gasteiger partial charge in [0, 0.05) is 10.7 Å². The van der Waals surface area contributed by atoms with Crippen molar-refractivity contribution in [2.75, 3.05) is 5.32 Å². The van der Waals surface area contributed by atoms with E-state index < -0.39 is 6.09 Å². The molecule has 0 bridgehead atoms. The average molecular weight is 294 g/mol. The van der Waals surface area contributed by atoms with Crippen molar-refractivity contribution in [2.45, 2.75) is 13.8 Å². The molecule has 2 aromatic carbocycles. The summed E-state index contributed by atoms with van der Waals surface area (Å²) in [7, 11) is 0. The largest absolute Gasteiger partial charge is 0.417 e. The molecule has 5 heteroatoms. The summed E-state index contributed by atoms with van der Waals surface area (Å²) in [4.78, 5) is 11.8. The van der Waals surface area contributed by atoms with Crippen molar-refractivity contribution in [3.8, 4) is 5.75 Å². The maximum Gasteiger partial charge on any atom is 0.417 e. The van der Waals surface area contributed by atoms with E-state index in [0.29, 0.717) is 16.5 Å². The second kappa shape index (κ2) is 5.92. The van der Waals surface area contributed by atoms with Crippen molar-refractivity contribution in [3.63, 3.8) is 0 Å². The molecule has 0 atom stereocenters. The molecule has 0 saturated heterocycles. The minimum Gasteiger partial charge on any atom is -0.410 e. The number of aryl methyl sites for hydroxylation is 2. The number of halogens is 2. The van der Waals surface area contributed by atoms with Crippen LogP contribution in [0, 0.1) is 19.7 Å². The molecule has 1 N–H and O–H groups in total. The smallest absolute Gasteiger partial charge is 0.410 e. The molecule has 0 spiro atoms. The predicted molar refractivity (Wildman–Crippen MR) is 77.0 cm³/mol. The van der Waals surface area contributed by atoms with E-state index in [1.807, 2.05) is 0 Å². The van der Waals surface area contributed by atoms with Crippen LogP contribution in [0.25, 0.3) is 0 Å². The monoisotopic (exact) mass is 293 g/mol. The van der Waals surface area contributed by atoms with E-state index in [0.717, 1.165) is 11.1 Å². The van der Waals surface area contributed by atoms with E-state index >= 15 is 0 Å². The van der Waals surface area contributed by atoms with Gasteiger partial charge in [-0.05, 0) is 61.4 Å². The molecule has 0 unspecified atom stereocenters. The number of ether oxygens (including phenoxy) is 1. The molecule has 0 fully saturated rings. The lowest BCUT2D eigenvalue weighted by Gasteiger charge is -2.11. The van der Waals surface area contributed by atoms with Gasteiger partial charge in [-0.2, -0.15) is 0 Å². The zero-order valence-electron chi connectivity index (χ0n) is 11.0. The first-order valence-electron chi connectivity index (χ1n) is 5.97. The summed E-state index contributed by atoms with van der Waals surface area (Å²) >= 11 is 5.91. The molecule has 0 aliphatic heterocycles. The summed E-state index contributed by atoms with van der Waals surface area (Å²) in [6.45, 7) is 3.61. The van der Waals surface area contributed by atoms with Crippen LogP contribution < -0.4 is 10.1 Å². The first-order chi connectivity index (χ1) is 9.45. The van der Waals surface area contributed by atoms with E-state index in [1.54, 1.807) is 26.0 Å². The Bertz CT molecular complexity index is 618. The Morgan fingerprint density at radius 3 is 2.25 bits per heavy atom. The zero-order valence-corrected chi connectivity index (χ0v) is 11.8. The minimum atomic E-state index is -0.634. The fraction of sp³-hybridized carbons (Fsp3) is 0.133. The molecule has 20 heavy (non-hydrogen) atoms. The Morgan fingerprint density at radius 2 is 1.70 bits per heavy atom. The number of hydrogen-bond acceptors (Lipinski definition) is 2. The third kappa shape index (κ3) is 3.48. The molecular formula is C15H13ClFNO2. The summed E-state index contributed by atoms with van der Waals surface area (Å²) < 4.78 is 18.0. The second-order valence-electron chi connectivity index (χ2n) is 4.39. The van der Waals surface area contributed by atoms with Gasteiger partial charge in [0.2, 0.25) is 0 Å². The highest BCUT2D eigenvalue weighted by Crippen LogP contribution is 2.27. The molecule has 0 heterocycles. The standard InChI is InChI=1S/C15H13ClFNO2/c1-9-7-11(16)8-10(2)14(9)20-15(19)18-13-5-3-12(17)4-6-13/h3-8H,1-2H3,(H,18,19). The molecule has 0 saturated carbocycles. The van der Waals surface area contributed by atoms with Crippen LogP contribution in [0.4, 0.5) is 14.9 Å². The van der Waals surface area contributed by atoms with Crippen LogP contribution in [0.2, 0.25) is 5.02 Å². The number of benzene rings is 2. The molecule has 0 radical (unpaired) electrons. The van der Waals surface area contributed by atoms with Crippen LogP contribution in [-0.4, -0.2) is 6.09 Å². The lowest BCUT2D eigenvalue weighted by molar-refractivity contribution is 0.214. The quantitative estimate of drug-likeness (QED) is 0.871. The van der Waals surface area contributed by atoms with Crippen molar-refractivity contribution in [3.05, 3.63) is 58.4 Å². The Kier molecular flexibility index (Phi) is 4.25. The van der Waals surface area contributed by atoms with Gasteiger partial charge < -0.3 is 4.74 Å². The average Bonchev–Trinajstić information content (AvgIpc) is 2.36. The Labute approximate surface area is 121 Å². The van der Waals surface area contributed by atoms with Crippen molar-refractivity contribution in [2.24, 2.45) is 0 Å². The lowest BCUT2D eigenvalue weighted by atomic mass is 10.1. The van der Waals surface area contributed by atoms with Crippen LogP contribution >= 0.6 is 11.6 Å². The fourth-order valence-corrected chi connectivity index (χ4v) is 2.16. The zero-order chi connectivity index (χ0) is 14.7. The van der Waals surface area contributed by atoms with E-state index in [9.17, 15) is 9.18 Å². The number of anilines is 1.